The molecule has 0 radical (unpaired) electrons. The molecule has 3 rings (SSSR count). The maximum absolute atomic E-state index is 12.2. The molecule has 2 aromatic carbocycles. The second kappa shape index (κ2) is 10.8. The average molecular weight is 394 g/mol. The minimum absolute atomic E-state index is 0.00251. The van der Waals surface area contributed by atoms with E-state index in [9.17, 15) is 9.59 Å². The lowest BCUT2D eigenvalue weighted by molar-refractivity contribution is -0.125. The van der Waals surface area contributed by atoms with Crippen molar-refractivity contribution >= 4 is 11.8 Å². The van der Waals surface area contributed by atoms with Crippen LogP contribution < -0.4 is 10.6 Å². The molecular formula is C24H31N3O2. The molecule has 2 aromatic rings. The summed E-state index contributed by atoms with van der Waals surface area (Å²) in [6.45, 7) is 5.98. The second-order valence-electron chi connectivity index (χ2n) is 7.97. The molecule has 0 bridgehead atoms. The fourth-order valence-electron chi connectivity index (χ4n) is 3.83. The van der Waals surface area contributed by atoms with E-state index < -0.39 is 0 Å². The Labute approximate surface area is 173 Å². The van der Waals surface area contributed by atoms with Gasteiger partial charge in [-0.25, -0.2) is 0 Å². The van der Waals surface area contributed by atoms with Crippen molar-refractivity contribution in [3.05, 3.63) is 71.3 Å². The van der Waals surface area contributed by atoms with E-state index in [1.807, 2.05) is 36.4 Å². The van der Waals surface area contributed by atoms with E-state index in [1.54, 1.807) is 0 Å². The van der Waals surface area contributed by atoms with Crippen molar-refractivity contribution in [2.75, 3.05) is 19.6 Å². The van der Waals surface area contributed by atoms with E-state index in [1.165, 1.54) is 18.4 Å². The van der Waals surface area contributed by atoms with E-state index in [2.05, 4.69) is 40.7 Å². The maximum atomic E-state index is 12.2. The molecule has 1 fully saturated rings. The Bertz CT molecular complexity index is 807. The molecule has 1 aliphatic heterocycles. The van der Waals surface area contributed by atoms with Gasteiger partial charge >= 0.3 is 0 Å². The van der Waals surface area contributed by atoms with Gasteiger partial charge in [0.05, 0.1) is 13.0 Å². The molecule has 1 heterocycles. The van der Waals surface area contributed by atoms with E-state index in [0.29, 0.717) is 6.54 Å². The molecule has 2 amide bonds. The number of rotatable bonds is 8. The average Bonchev–Trinajstić information content (AvgIpc) is 2.72. The highest BCUT2D eigenvalue weighted by molar-refractivity contribution is 5.85. The highest BCUT2D eigenvalue weighted by Crippen LogP contribution is 2.19. The molecule has 1 atom stereocenters. The first-order valence-electron chi connectivity index (χ1n) is 10.5. The SMILES string of the molecule is CC1CCCN(Cc2ccccc2CNC(=O)CNC(=O)Cc2ccccc2)C1. The van der Waals surface area contributed by atoms with Crippen molar-refractivity contribution in [1.82, 2.24) is 15.5 Å². The van der Waals surface area contributed by atoms with E-state index >= 15 is 0 Å². The molecular weight excluding hydrogens is 362 g/mol. The fourth-order valence-corrected chi connectivity index (χ4v) is 3.83. The Balaban J connectivity index is 1.44. The van der Waals surface area contributed by atoms with Crippen LogP contribution in [0.15, 0.2) is 54.6 Å². The van der Waals surface area contributed by atoms with Crippen LogP contribution in [-0.4, -0.2) is 36.3 Å². The molecule has 0 aliphatic carbocycles. The number of nitrogens with one attached hydrogen (secondary N) is 2. The van der Waals surface area contributed by atoms with Gasteiger partial charge in [0.2, 0.25) is 11.8 Å². The zero-order chi connectivity index (χ0) is 20.5. The summed E-state index contributed by atoms with van der Waals surface area (Å²) in [7, 11) is 0. The van der Waals surface area contributed by atoms with Gasteiger partial charge in [-0.3, -0.25) is 14.5 Å². The van der Waals surface area contributed by atoms with Gasteiger partial charge in [-0.05, 0) is 42.0 Å². The third-order valence-corrected chi connectivity index (χ3v) is 5.38. The van der Waals surface area contributed by atoms with Gasteiger partial charge in [0.1, 0.15) is 0 Å². The Morgan fingerprint density at radius 2 is 1.69 bits per heavy atom. The Morgan fingerprint density at radius 3 is 2.45 bits per heavy atom. The number of piperidine rings is 1. The molecule has 0 saturated carbocycles. The monoisotopic (exact) mass is 393 g/mol. The first-order valence-corrected chi connectivity index (χ1v) is 10.5. The predicted octanol–water partition coefficient (Wildman–Crippen LogP) is 2.89. The number of amides is 2. The van der Waals surface area contributed by atoms with Crippen LogP contribution in [0.5, 0.6) is 0 Å². The number of carbonyl (C=O) groups excluding carboxylic acids is 2. The topological polar surface area (TPSA) is 61.4 Å². The van der Waals surface area contributed by atoms with Crippen molar-refractivity contribution in [2.45, 2.75) is 39.3 Å². The molecule has 1 saturated heterocycles. The molecule has 5 nitrogen and oxygen atoms in total. The van der Waals surface area contributed by atoms with Crippen molar-refractivity contribution in [1.29, 1.82) is 0 Å². The number of carbonyl (C=O) groups is 2. The summed E-state index contributed by atoms with van der Waals surface area (Å²) in [6.07, 6.45) is 2.85. The first kappa shape index (κ1) is 21.1. The molecule has 29 heavy (non-hydrogen) atoms. The van der Waals surface area contributed by atoms with Crippen LogP contribution in [0.2, 0.25) is 0 Å². The van der Waals surface area contributed by atoms with Crippen LogP contribution in [0.4, 0.5) is 0 Å². The number of benzene rings is 2. The van der Waals surface area contributed by atoms with Gasteiger partial charge in [-0.1, -0.05) is 61.5 Å². The second-order valence-corrected chi connectivity index (χ2v) is 7.97. The summed E-state index contributed by atoms with van der Waals surface area (Å²) < 4.78 is 0. The summed E-state index contributed by atoms with van der Waals surface area (Å²) in [4.78, 5) is 26.7. The zero-order valence-corrected chi connectivity index (χ0v) is 17.2. The summed E-state index contributed by atoms with van der Waals surface area (Å²) in [5.41, 5.74) is 3.33. The molecule has 154 valence electrons. The van der Waals surface area contributed by atoms with Gasteiger partial charge < -0.3 is 10.6 Å². The van der Waals surface area contributed by atoms with Gasteiger partial charge in [-0.2, -0.15) is 0 Å². The van der Waals surface area contributed by atoms with Crippen molar-refractivity contribution in [3.63, 3.8) is 0 Å². The lowest BCUT2D eigenvalue weighted by atomic mass is 9.99. The summed E-state index contributed by atoms with van der Waals surface area (Å²) >= 11 is 0. The van der Waals surface area contributed by atoms with Crippen LogP contribution in [0.1, 0.15) is 36.5 Å². The predicted molar refractivity (Wildman–Crippen MR) is 115 cm³/mol. The minimum Gasteiger partial charge on any atom is -0.350 e. The number of likely N-dealkylation sites (tertiary alicyclic amines) is 1. The largest absolute Gasteiger partial charge is 0.350 e. The Kier molecular flexibility index (Phi) is 7.82. The number of hydrogen-bond donors (Lipinski definition) is 2. The third-order valence-electron chi connectivity index (χ3n) is 5.38. The van der Waals surface area contributed by atoms with Crippen LogP contribution in [0.3, 0.4) is 0 Å². The van der Waals surface area contributed by atoms with E-state index in [0.717, 1.165) is 36.7 Å². The highest BCUT2D eigenvalue weighted by Gasteiger charge is 2.17. The van der Waals surface area contributed by atoms with Crippen molar-refractivity contribution in [2.24, 2.45) is 5.92 Å². The zero-order valence-electron chi connectivity index (χ0n) is 17.2. The highest BCUT2D eigenvalue weighted by atomic mass is 16.2. The van der Waals surface area contributed by atoms with Gasteiger partial charge in [-0.15, -0.1) is 0 Å². The van der Waals surface area contributed by atoms with E-state index in [4.69, 9.17) is 0 Å². The lowest BCUT2D eigenvalue weighted by Gasteiger charge is -2.31. The van der Waals surface area contributed by atoms with Crippen molar-refractivity contribution in [3.8, 4) is 0 Å². The minimum atomic E-state index is -0.173. The van der Waals surface area contributed by atoms with Gasteiger partial charge in [0.25, 0.3) is 0 Å². The third kappa shape index (κ3) is 7.02. The summed E-state index contributed by atoms with van der Waals surface area (Å²) in [5, 5.41) is 5.63. The molecule has 0 aromatic heterocycles. The van der Waals surface area contributed by atoms with Crippen LogP contribution in [0.25, 0.3) is 0 Å². The summed E-state index contributed by atoms with van der Waals surface area (Å²) in [6, 6.07) is 17.8. The molecule has 2 N–H and O–H groups in total. The lowest BCUT2D eigenvalue weighted by Crippen LogP contribution is -2.37. The normalized spacial score (nSPS) is 16.9. The summed E-state index contributed by atoms with van der Waals surface area (Å²) in [5.74, 6) is 0.425. The standard InChI is InChI=1S/C24H31N3O2/c1-19-8-7-13-27(17-19)18-22-12-6-5-11-21(22)15-25-24(29)16-26-23(28)14-20-9-3-2-4-10-20/h2-6,9-12,19H,7-8,13-18H2,1H3,(H,25,29)(H,26,28). The fraction of sp³-hybridized carbons (Fsp3) is 0.417. The van der Waals surface area contributed by atoms with Gasteiger partial charge in [0, 0.05) is 19.6 Å². The quantitative estimate of drug-likeness (QED) is 0.725. The molecule has 0 spiro atoms. The van der Waals surface area contributed by atoms with Gasteiger partial charge in [0.15, 0.2) is 0 Å². The Morgan fingerprint density at radius 1 is 0.966 bits per heavy atom. The smallest absolute Gasteiger partial charge is 0.239 e. The van der Waals surface area contributed by atoms with Crippen LogP contribution in [0, 0.1) is 5.92 Å². The van der Waals surface area contributed by atoms with Crippen molar-refractivity contribution < 1.29 is 9.59 Å². The number of nitrogens with zero attached hydrogens (tertiary/aromatic N) is 1. The van der Waals surface area contributed by atoms with Crippen LogP contribution >= 0.6 is 0 Å². The number of hydrogen-bond acceptors (Lipinski definition) is 3. The molecule has 5 heteroatoms. The molecule has 1 unspecified atom stereocenters. The van der Waals surface area contributed by atoms with Crippen LogP contribution in [-0.2, 0) is 29.1 Å². The maximum Gasteiger partial charge on any atom is 0.239 e. The molecule has 1 aliphatic rings. The first-order chi connectivity index (χ1) is 14.1. The Hall–Kier alpha value is -2.66. The van der Waals surface area contributed by atoms with E-state index in [-0.39, 0.29) is 24.8 Å².